The Bertz CT molecular complexity index is 230. The topological polar surface area (TPSA) is 37.3 Å². The van der Waals surface area contributed by atoms with E-state index in [9.17, 15) is 9.90 Å². The van der Waals surface area contributed by atoms with E-state index in [-0.39, 0.29) is 0 Å². The van der Waals surface area contributed by atoms with Gasteiger partial charge >= 0.3 is 0 Å². The molecule has 1 rings (SSSR count). The zero-order chi connectivity index (χ0) is 8.32. The van der Waals surface area contributed by atoms with Crippen LogP contribution in [0.4, 0.5) is 0 Å². The maximum Gasteiger partial charge on any atom is 0.159 e. The third-order valence-electron chi connectivity index (χ3n) is 1.61. The van der Waals surface area contributed by atoms with Crippen molar-refractivity contribution in [3.8, 4) is 0 Å². The lowest BCUT2D eigenvalue weighted by Gasteiger charge is -2.15. The largest absolute Gasteiger partial charge is 0.375 e. The molecular weight excluding hydrogens is 140 g/mol. The van der Waals surface area contributed by atoms with Crippen LogP contribution in [-0.2, 0) is 4.79 Å². The number of carbonyl (C=O) groups is 1. The fourth-order valence-corrected chi connectivity index (χ4v) is 0.842. The van der Waals surface area contributed by atoms with Gasteiger partial charge in [-0.2, -0.15) is 0 Å². The summed E-state index contributed by atoms with van der Waals surface area (Å²) in [7, 11) is 0. The first kappa shape index (κ1) is 7.95. The molecule has 0 unspecified atom stereocenters. The van der Waals surface area contributed by atoms with Gasteiger partial charge in [-0.3, -0.25) is 4.79 Å². The fourth-order valence-electron chi connectivity index (χ4n) is 0.842. The van der Waals surface area contributed by atoms with Gasteiger partial charge in [-0.1, -0.05) is 18.2 Å². The molecule has 0 fully saturated rings. The van der Waals surface area contributed by atoms with Crippen LogP contribution in [0, 0.1) is 0 Å². The van der Waals surface area contributed by atoms with Gasteiger partial charge in [0, 0.05) is 0 Å². The number of aldehydes is 1. The normalized spacial score (nSPS) is 28.7. The molecule has 1 aliphatic rings. The molecular formula is C9H10O2. The lowest BCUT2D eigenvalue weighted by atomic mass is 9.97. The van der Waals surface area contributed by atoms with E-state index in [1.807, 2.05) is 13.0 Å². The average Bonchev–Trinajstić information content (AvgIpc) is 2.06. The van der Waals surface area contributed by atoms with Crippen molar-refractivity contribution in [1.29, 1.82) is 0 Å². The van der Waals surface area contributed by atoms with Crippen LogP contribution in [0.25, 0.3) is 0 Å². The molecule has 11 heavy (non-hydrogen) atoms. The highest BCUT2D eigenvalue weighted by Gasteiger charge is 2.20. The first-order valence-corrected chi connectivity index (χ1v) is 3.44. The van der Waals surface area contributed by atoms with Crippen LogP contribution in [0.15, 0.2) is 36.0 Å². The van der Waals surface area contributed by atoms with Crippen LogP contribution >= 0.6 is 0 Å². The van der Waals surface area contributed by atoms with Crippen molar-refractivity contribution in [2.75, 3.05) is 0 Å². The highest BCUT2D eigenvalue weighted by atomic mass is 16.3. The number of aliphatic hydroxyl groups is 1. The molecule has 0 bridgehead atoms. The maximum absolute atomic E-state index is 10.3. The van der Waals surface area contributed by atoms with Crippen molar-refractivity contribution >= 4 is 6.29 Å². The number of rotatable bonds is 1. The third-order valence-corrected chi connectivity index (χ3v) is 1.61. The first-order chi connectivity index (χ1) is 5.20. The zero-order valence-electron chi connectivity index (χ0n) is 6.32. The minimum atomic E-state index is -1.38. The van der Waals surface area contributed by atoms with E-state index in [1.54, 1.807) is 12.2 Å². The second-order valence-corrected chi connectivity index (χ2v) is 2.46. The number of allylic oxidation sites excluding steroid dienone is 4. The highest BCUT2D eigenvalue weighted by molar-refractivity contribution is 5.71. The smallest absolute Gasteiger partial charge is 0.159 e. The molecule has 0 spiro atoms. The van der Waals surface area contributed by atoms with Gasteiger partial charge in [0.1, 0.15) is 0 Å². The van der Waals surface area contributed by atoms with E-state index in [2.05, 4.69) is 0 Å². The average molecular weight is 150 g/mol. The van der Waals surface area contributed by atoms with Crippen LogP contribution in [0.1, 0.15) is 6.92 Å². The lowest BCUT2D eigenvalue weighted by molar-refractivity contribution is -0.116. The second kappa shape index (κ2) is 2.84. The molecule has 0 aromatic carbocycles. The van der Waals surface area contributed by atoms with Gasteiger partial charge in [-0.05, 0) is 24.6 Å². The van der Waals surface area contributed by atoms with E-state index < -0.39 is 5.60 Å². The van der Waals surface area contributed by atoms with Crippen molar-refractivity contribution < 1.29 is 9.90 Å². The quantitative estimate of drug-likeness (QED) is 0.566. The molecule has 0 radical (unpaired) electrons. The van der Waals surface area contributed by atoms with Gasteiger partial charge in [0.25, 0.3) is 0 Å². The van der Waals surface area contributed by atoms with Gasteiger partial charge in [0.2, 0.25) is 0 Å². The Balaban J connectivity index is 2.87. The Labute approximate surface area is 65.5 Å². The van der Waals surface area contributed by atoms with Crippen LogP contribution < -0.4 is 0 Å². The molecule has 0 atom stereocenters. The molecule has 0 saturated heterocycles. The predicted molar refractivity (Wildman–Crippen MR) is 43.1 cm³/mol. The molecule has 2 nitrogen and oxygen atoms in total. The maximum atomic E-state index is 10.3. The standard InChI is InChI=1S/C9H10O2/c1-2-8-3-5-9(11,7-10)6-4-8/h2-7,11H,1H3. The summed E-state index contributed by atoms with van der Waals surface area (Å²) < 4.78 is 0. The monoisotopic (exact) mass is 150 g/mol. The lowest BCUT2D eigenvalue weighted by Crippen LogP contribution is -2.25. The van der Waals surface area contributed by atoms with Gasteiger partial charge in [0.05, 0.1) is 0 Å². The van der Waals surface area contributed by atoms with Crippen LogP contribution in [0.2, 0.25) is 0 Å². The van der Waals surface area contributed by atoms with Crippen molar-refractivity contribution in [3.63, 3.8) is 0 Å². The molecule has 1 aliphatic carbocycles. The predicted octanol–water partition coefficient (Wildman–Crippen LogP) is 0.989. The summed E-state index contributed by atoms with van der Waals surface area (Å²) in [4.78, 5) is 10.3. The summed E-state index contributed by atoms with van der Waals surface area (Å²) in [6.07, 6.45) is 8.78. The summed E-state index contributed by atoms with van der Waals surface area (Å²) in [5.74, 6) is 0. The number of carbonyl (C=O) groups excluding carboxylic acids is 1. The van der Waals surface area contributed by atoms with E-state index in [0.29, 0.717) is 6.29 Å². The van der Waals surface area contributed by atoms with Crippen molar-refractivity contribution in [2.45, 2.75) is 12.5 Å². The Kier molecular flexibility index (Phi) is 2.06. The molecule has 1 N–H and O–H groups in total. The van der Waals surface area contributed by atoms with Crippen molar-refractivity contribution in [3.05, 3.63) is 36.0 Å². The van der Waals surface area contributed by atoms with Crippen LogP contribution in [0.5, 0.6) is 0 Å². The minimum absolute atomic E-state index is 0.506. The van der Waals surface area contributed by atoms with Crippen molar-refractivity contribution in [1.82, 2.24) is 0 Å². The summed E-state index contributed by atoms with van der Waals surface area (Å²) in [5.41, 5.74) is -0.386. The molecule has 0 aliphatic heterocycles. The molecule has 2 heteroatoms. The Morgan fingerprint density at radius 2 is 2.00 bits per heavy atom. The summed E-state index contributed by atoms with van der Waals surface area (Å²) in [5, 5.41) is 9.32. The molecule has 0 amide bonds. The van der Waals surface area contributed by atoms with Gasteiger partial charge < -0.3 is 5.11 Å². The Hall–Kier alpha value is -1.15. The van der Waals surface area contributed by atoms with E-state index >= 15 is 0 Å². The fraction of sp³-hybridized carbons (Fsp3) is 0.222. The minimum Gasteiger partial charge on any atom is -0.375 e. The Morgan fingerprint density at radius 1 is 1.45 bits per heavy atom. The second-order valence-electron chi connectivity index (χ2n) is 2.46. The molecule has 0 heterocycles. The van der Waals surface area contributed by atoms with E-state index in [0.717, 1.165) is 5.57 Å². The number of hydrogen-bond acceptors (Lipinski definition) is 2. The summed E-state index contributed by atoms with van der Waals surface area (Å²) in [6.45, 7) is 1.90. The molecule has 0 saturated carbocycles. The summed E-state index contributed by atoms with van der Waals surface area (Å²) >= 11 is 0. The van der Waals surface area contributed by atoms with Crippen molar-refractivity contribution in [2.24, 2.45) is 0 Å². The Morgan fingerprint density at radius 3 is 2.36 bits per heavy atom. The van der Waals surface area contributed by atoms with E-state index in [1.165, 1.54) is 12.2 Å². The van der Waals surface area contributed by atoms with Gasteiger partial charge in [-0.15, -0.1) is 0 Å². The summed E-state index contributed by atoms with van der Waals surface area (Å²) in [6, 6.07) is 0. The third kappa shape index (κ3) is 1.65. The molecule has 58 valence electrons. The molecule has 0 aromatic rings. The van der Waals surface area contributed by atoms with Crippen LogP contribution in [0.3, 0.4) is 0 Å². The van der Waals surface area contributed by atoms with Crippen LogP contribution in [-0.4, -0.2) is 17.0 Å². The molecule has 0 aromatic heterocycles. The van der Waals surface area contributed by atoms with Gasteiger partial charge in [0.15, 0.2) is 11.9 Å². The number of hydrogen-bond donors (Lipinski definition) is 1. The zero-order valence-corrected chi connectivity index (χ0v) is 6.32. The SMILES string of the molecule is CC=C1C=CC(O)(C=O)C=C1. The van der Waals surface area contributed by atoms with E-state index in [4.69, 9.17) is 0 Å². The van der Waals surface area contributed by atoms with Gasteiger partial charge in [-0.25, -0.2) is 0 Å². The first-order valence-electron chi connectivity index (χ1n) is 3.44. The highest BCUT2D eigenvalue weighted by Crippen LogP contribution is 2.15.